The van der Waals surface area contributed by atoms with Gasteiger partial charge in [0, 0.05) is 94.5 Å². The number of aliphatic hydroxyl groups excluding tert-OH is 1. The van der Waals surface area contributed by atoms with Crippen molar-refractivity contribution in [2.45, 2.75) is 44.4 Å². The van der Waals surface area contributed by atoms with Gasteiger partial charge in [-0.25, -0.2) is 4.98 Å². The van der Waals surface area contributed by atoms with Crippen molar-refractivity contribution in [3.8, 4) is 0 Å². The fourth-order valence-corrected chi connectivity index (χ4v) is 5.94. The second-order valence-corrected chi connectivity index (χ2v) is 11.4. The Labute approximate surface area is 230 Å². The number of fused-ring (bicyclic) bond motifs is 3. The van der Waals surface area contributed by atoms with Gasteiger partial charge >= 0.3 is 0 Å². The summed E-state index contributed by atoms with van der Waals surface area (Å²) in [5.41, 5.74) is 4.32. The van der Waals surface area contributed by atoms with E-state index in [-0.39, 0.29) is 12.5 Å². The Hall–Kier alpha value is -3.21. The fourth-order valence-electron chi connectivity index (χ4n) is 5.94. The number of carbonyl (C=O) groups excluding carboxylic acids is 1. The fraction of sp³-hybridized carbons (Fsp3) is 0.552. The normalized spacial score (nSPS) is 19.5. The van der Waals surface area contributed by atoms with Crippen LogP contribution in [-0.4, -0.2) is 100 Å². The first-order valence-corrected chi connectivity index (χ1v) is 14.3. The maximum atomic E-state index is 13.2. The number of amides is 1. The highest BCUT2D eigenvalue weighted by Gasteiger charge is 2.25. The summed E-state index contributed by atoms with van der Waals surface area (Å²) in [6.07, 6.45) is 3.75. The van der Waals surface area contributed by atoms with E-state index in [0.717, 1.165) is 58.5 Å². The van der Waals surface area contributed by atoms with Crippen LogP contribution in [0.2, 0.25) is 0 Å². The maximum Gasteiger partial charge on any atom is 0.270 e. The van der Waals surface area contributed by atoms with Gasteiger partial charge in [0.1, 0.15) is 11.5 Å². The number of likely N-dealkylation sites (N-methyl/N-ethyl adjacent to an activating group) is 1. The first-order valence-electron chi connectivity index (χ1n) is 14.3. The number of hydrogen-bond donors (Lipinski definition) is 3. The second-order valence-electron chi connectivity index (χ2n) is 11.4. The number of nitrogens with zero attached hydrogens (tertiary/aromatic N) is 6. The lowest BCUT2D eigenvalue weighted by atomic mass is 9.93. The molecule has 1 saturated carbocycles. The lowest BCUT2D eigenvalue weighted by Crippen LogP contribution is -2.45. The molecule has 1 aliphatic carbocycles. The number of carbonyl (C=O) groups is 1. The summed E-state index contributed by atoms with van der Waals surface area (Å²) in [6, 6.07) is 10.7. The van der Waals surface area contributed by atoms with Gasteiger partial charge in [-0.1, -0.05) is 18.2 Å². The Morgan fingerprint density at radius 2 is 1.90 bits per heavy atom. The zero-order chi connectivity index (χ0) is 26.9. The van der Waals surface area contributed by atoms with Gasteiger partial charge in [0.25, 0.3) is 5.91 Å². The molecule has 1 unspecified atom stereocenters. The van der Waals surface area contributed by atoms with E-state index in [1.165, 1.54) is 28.6 Å². The van der Waals surface area contributed by atoms with E-state index in [1.54, 1.807) is 6.07 Å². The highest BCUT2D eigenvalue weighted by molar-refractivity contribution is 5.93. The molecule has 0 radical (unpaired) electrons. The largest absolute Gasteiger partial charge is 0.390 e. The molecule has 3 aromatic rings. The molecule has 3 aliphatic rings. The minimum atomic E-state index is -0.669. The molecule has 10 heteroatoms. The number of β-amino-alcohol motifs (C(OH)–C–C–N with tert-alkyl or cyclic N) is 1. The van der Waals surface area contributed by atoms with Crippen molar-refractivity contribution in [2.24, 2.45) is 7.05 Å². The van der Waals surface area contributed by atoms with Crippen LogP contribution in [0.4, 0.5) is 11.8 Å². The second kappa shape index (κ2) is 11.1. The predicted molar refractivity (Wildman–Crippen MR) is 153 cm³/mol. The molecule has 0 spiro atoms. The van der Waals surface area contributed by atoms with Gasteiger partial charge in [0.15, 0.2) is 0 Å². The summed E-state index contributed by atoms with van der Waals surface area (Å²) in [4.78, 5) is 29.3. The van der Waals surface area contributed by atoms with E-state index in [1.807, 2.05) is 0 Å². The van der Waals surface area contributed by atoms with E-state index < -0.39 is 6.10 Å². The highest BCUT2D eigenvalue weighted by Crippen LogP contribution is 2.30. The van der Waals surface area contributed by atoms with Crippen molar-refractivity contribution >= 4 is 28.6 Å². The molecule has 208 valence electrons. The van der Waals surface area contributed by atoms with Crippen LogP contribution in [0.25, 0.3) is 10.9 Å². The highest BCUT2D eigenvalue weighted by atomic mass is 16.3. The van der Waals surface area contributed by atoms with Gasteiger partial charge in [0.2, 0.25) is 5.95 Å². The summed E-state index contributed by atoms with van der Waals surface area (Å²) in [5.74, 6) is 1.02. The van der Waals surface area contributed by atoms with Crippen LogP contribution >= 0.6 is 0 Å². The van der Waals surface area contributed by atoms with Crippen LogP contribution in [0.3, 0.4) is 0 Å². The van der Waals surface area contributed by atoms with Crippen LogP contribution in [0.15, 0.2) is 30.3 Å². The molecule has 2 fully saturated rings. The number of aliphatic hydroxyl groups is 1. The molecular weight excluding hydrogens is 492 g/mol. The van der Waals surface area contributed by atoms with Crippen LogP contribution in [0, 0.1) is 0 Å². The molecule has 1 amide bonds. The molecule has 39 heavy (non-hydrogen) atoms. The third-order valence-corrected chi connectivity index (χ3v) is 8.55. The molecule has 6 rings (SSSR count). The Kier molecular flexibility index (Phi) is 7.42. The molecule has 3 N–H and O–H groups in total. The molecular formula is C29H40N8O2. The Balaban J connectivity index is 1.09. The van der Waals surface area contributed by atoms with Crippen LogP contribution < -0.4 is 15.5 Å². The number of rotatable bonds is 8. The van der Waals surface area contributed by atoms with Crippen molar-refractivity contribution < 1.29 is 9.90 Å². The number of anilines is 2. The number of para-hydroxylation sites is 1. The van der Waals surface area contributed by atoms with Crippen molar-refractivity contribution in [2.75, 3.05) is 63.1 Å². The number of aryl methyl sites for hydroxylation is 1. The third-order valence-electron chi connectivity index (χ3n) is 8.55. The average molecular weight is 533 g/mol. The topological polar surface area (TPSA) is 102 Å². The Morgan fingerprint density at radius 1 is 1.10 bits per heavy atom. The Morgan fingerprint density at radius 3 is 2.67 bits per heavy atom. The van der Waals surface area contributed by atoms with Crippen LogP contribution in [0.1, 0.15) is 41.0 Å². The number of hydrogen-bond acceptors (Lipinski definition) is 8. The number of nitrogens with one attached hydrogen (secondary N) is 2. The summed E-state index contributed by atoms with van der Waals surface area (Å²) in [5, 5.41) is 18.5. The zero-order valence-electron chi connectivity index (χ0n) is 23.1. The number of aromatic nitrogens is 3. The summed E-state index contributed by atoms with van der Waals surface area (Å²) in [7, 11) is 4.25. The quantitative estimate of drug-likeness (QED) is 0.404. The molecule has 10 nitrogen and oxygen atoms in total. The van der Waals surface area contributed by atoms with E-state index in [4.69, 9.17) is 4.98 Å². The molecule has 1 atom stereocenters. The van der Waals surface area contributed by atoms with Crippen LogP contribution in [0.5, 0.6) is 0 Å². The van der Waals surface area contributed by atoms with Gasteiger partial charge in [0.05, 0.1) is 6.10 Å². The first-order chi connectivity index (χ1) is 18.9. The van der Waals surface area contributed by atoms with Gasteiger partial charge in [-0.05, 0) is 37.9 Å². The Bertz CT molecular complexity index is 1330. The molecule has 4 heterocycles. The minimum Gasteiger partial charge on any atom is -0.390 e. The van der Waals surface area contributed by atoms with E-state index in [2.05, 4.69) is 73.2 Å². The maximum absolute atomic E-state index is 13.2. The average Bonchev–Trinajstić information content (AvgIpc) is 3.21. The molecule has 2 aromatic heterocycles. The van der Waals surface area contributed by atoms with Gasteiger partial charge in [-0.2, -0.15) is 4.98 Å². The molecule has 1 saturated heterocycles. The van der Waals surface area contributed by atoms with Gasteiger partial charge in [-0.15, -0.1) is 0 Å². The standard InChI is InChI=1S/C29H40N8O2/c1-34-12-14-37(15-13-34)29-32-24(16-27(33-29)31-20-6-5-7-20)28(39)30-17-21(38)18-36-11-10-26-23(19-36)22-8-3-4-9-25(22)35(26)2/h3-4,8-9,16,20-21,38H,5-7,10-15,17-19H2,1-2H3,(H,30,39)(H,31,32,33). The lowest BCUT2D eigenvalue weighted by molar-refractivity contribution is 0.0837. The molecule has 0 bridgehead atoms. The van der Waals surface area contributed by atoms with E-state index >= 15 is 0 Å². The third kappa shape index (κ3) is 5.59. The van der Waals surface area contributed by atoms with Gasteiger partial charge in [-0.3, -0.25) is 9.69 Å². The summed E-state index contributed by atoms with van der Waals surface area (Å²) >= 11 is 0. The smallest absolute Gasteiger partial charge is 0.270 e. The zero-order valence-corrected chi connectivity index (χ0v) is 23.1. The number of piperazine rings is 1. The lowest BCUT2D eigenvalue weighted by Gasteiger charge is -2.33. The minimum absolute atomic E-state index is 0.178. The summed E-state index contributed by atoms with van der Waals surface area (Å²) < 4.78 is 2.30. The van der Waals surface area contributed by atoms with Crippen LogP contribution in [-0.2, 0) is 20.0 Å². The first kappa shape index (κ1) is 26.0. The van der Waals surface area contributed by atoms with Crippen molar-refractivity contribution in [3.63, 3.8) is 0 Å². The monoisotopic (exact) mass is 532 g/mol. The van der Waals surface area contributed by atoms with E-state index in [0.29, 0.717) is 30.0 Å². The van der Waals surface area contributed by atoms with Crippen molar-refractivity contribution in [1.82, 2.24) is 29.7 Å². The summed E-state index contributed by atoms with van der Waals surface area (Å²) in [6.45, 7) is 5.92. The van der Waals surface area contributed by atoms with Gasteiger partial charge < -0.3 is 30.1 Å². The van der Waals surface area contributed by atoms with Crippen molar-refractivity contribution in [1.29, 1.82) is 0 Å². The molecule has 2 aliphatic heterocycles. The van der Waals surface area contributed by atoms with E-state index in [9.17, 15) is 9.90 Å². The van der Waals surface area contributed by atoms with Crippen molar-refractivity contribution in [3.05, 3.63) is 47.3 Å². The number of benzene rings is 1. The molecule has 1 aromatic carbocycles. The predicted octanol–water partition coefficient (Wildman–Crippen LogP) is 1.83. The SMILES string of the molecule is CN1CCN(c2nc(NC3CCC3)cc(C(=O)NCC(O)CN3CCc4c(c5ccccc5n4C)C3)n2)CC1.